The highest BCUT2D eigenvalue weighted by atomic mass is 35.5. The number of thiophene rings is 1. The van der Waals surface area contributed by atoms with E-state index in [9.17, 15) is 9.90 Å². The highest BCUT2D eigenvalue weighted by molar-refractivity contribution is 7.17. The maximum Gasteiger partial charge on any atom is 0.227 e. The first-order chi connectivity index (χ1) is 10.6. The van der Waals surface area contributed by atoms with Gasteiger partial charge in [0.15, 0.2) is 0 Å². The summed E-state index contributed by atoms with van der Waals surface area (Å²) < 4.78 is 6.62. The summed E-state index contributed by atoms with van der Waals surface area (Å²) in [5.74, 6) is 0.0638. The lowest BCUT2D eigenvalue weighted by atomic mass is 10.1. The molecule has 2 atom stereocenters. The second-order valence-corrected chi connectivity index (χ2v) is 6.96. The monoisotopic (exact) mass is 339 g/mol. The van der Waals surface area contributed by atoms with E-state index < -0.39 is 0 Å². The van der Waals surface area contributed by atoms with Crippen LogP contribution in [0, 0.1) is 0 Å². The fraction of sp³-hybridized carbons (Fsp3) is 0.438. The van der Waals surface area contributed by atoms with Gasteiger partial charge in [0, 0.05) is 16.3 Å². The van der Waals surface area contributed by atoms with E-state index in [1.807, 2.05) is 30.5 Å². The molecular formula is C16H18ClNO3S. The van der Waals surface area contributed by atoms with Crippen molar-refractivity contribution >= 4 is 38.9 Å². The van der Waals surface area contributed by atoms with Gasteiger partial charge in [0.05, 0.1) is 31.8 Å². The van der Waals surface area contributed by atoms with Crippen molar-refractivity contribution < 1.29 is 14.6 Å². The number of hydrogen-bond acceptors (Lipinski definition) is 4. The number of carbonyl (C=O) groups is 1. The van der Waals surface area contributed by atoms with E-state index in [1.165, 1.54) is 0 Å². The zero-order valence-electron chi connectivity index (χ0n) is 12.3. The molecule has 0 spiro atoms. The minimum Gasteiger partial charge on any atom is -0.394 e. The first-order valence-electron chi connectivity index (χ1n) is 7.26. The molecule has 1 aliphatic rings. The van der Waals surface area contributed by atoms with Crippen LogP contribution in [-0.2, 0) is 16.0 Å². The molecule has 22 heavy (non-hydrogen) atoms. The molecule has 0 saturated carbocycles. The van der Waals surface area contributed by atoms with Crippen molar-refractivity contribution in [2.24, 2.45) is 0 Å². The number of hydrogen-bond donors (Lipinski definition) is 1. The largest absolute Gasteiger partial charge is 0.394 e. The Bertz CT molecular complexity index is 687. The molecule has 0 radical (unpaired) electrons. The molecule has 3 rings (SSSR count). The number of fused-ring (bicyclic) bond motifs is 1. The Kier molecular flexibility index (Phi) is 4.68. The van der Waals surface area contributed by atoms with E-state index in [0.717, 1.165) is 15.6 Å². The number of carbonyl (C=O) groups excluding carboxylic acids is 1. The third kappa shape index (κ3) is 3.13. The predicted molar refractivity (Wildman–Crippen MR) is 88.5 cm³/mol. The predicted octanol–water partition coefficient (Wildman–Crippen LogP) is 2.71. The highest BCUT2D eigenvalue weighted by Crippen LogP contribution is 2.29. The standard InChI is InChI=1S/C16H18ClNO3S/c1-10-8-21-13(7-19)6-18(10)16(20)4-11-9-22-15-3-2-12(17)5-14(11)15/h2-3,5,9-10,13,19H,4,6-8H2,1H3/t10-,13+/m1/s1. The van der Waals surface area contributed by atoms with Crippen LogP contribution in [0.5, 0.6) is 0 Å². The maximum atomic E-state index is 12.6. The Labute approximate surface area is 138 Å². The van der Waals surface area contributed by atoms with Crippen LogP contribution in [0.3, 0.4) is 0 Å². The zero-order valence-corrected chi connectivity index (χ0v) is 13.9. The summed E-state index contributed by atoms with van der Waals surface area (Å²) >= 11 is 7.68. The van der Waals surface area contributed by atoms with Crippen LogP contribution in [-0.4, -0.2) is 47.8 Å². The van der Waals surface area contributed by atoms with E-state index in [-0.39, 0.29) is 24.7 Å². The van der Waals surface area contributed by atoms with Crippen LogP contribution in [0.15, 0.2) is 23.6 Å². The number of amides is 1. The summed E-state index contributed by atoms with van der Waals surface area (Å²) in [6.07, 6.45) is 0.0665. The molecule has 4 nitrogen and oxygen atoms in total. The summed E-state index contributed by atoms with van der Waals surface area (Å²) in [6, 6.07) is 5.79. The van der Waals surface area contributed by atoms with Crippen molar-refractivity contribution in [1.82, 2.24) is 4.90 Å². The summed E-state index contributed by atoms with van der Waals surface area (Å²) in [5, 5.41) is 13.0. The number of aliphatic hydroxyl groups excluding tert-OH is 1. The molecule has 1 aliphatic heterocycles. The summed E-state index contributed by atoms with van der Waals surface area (Å²) in [4.78, 5) is 14.4. The van der Waals surface area contributed by atoms with Crippen molar-refractivity contribution in [2.45, 2.75) is 25.5 Å². The van der Waals surface area contributed by atoms with Crippen LogP contribution in [0.4, 0.5) is 0 Å². The topological polar surface area (TPSA) is 49.8 Å². The van der Waals surface area contributed by atoms with Gasteiger partial charge < -0.3 is 14.7 Å². The average Bonchev–Trinajstić information content (AvgIpc) is 2.90. The van der Waals surface area contributed by atoms with E-state index in [1.54, 1.807) is 16.2 Å². The molecule has 1 saturated heterocycles. The lowest BCUT2D eigenvalue weighted by Crippen LogP contribution is -2.52. The van der Waals surface area contributed by atoms with Crippen LogP contribution < -0.4 is 0 Å². The molecular weight excluding hydrogens is 322 g/mol. The second-order valence-electron chi connectivity index (χ2n) is 5.61. The molecule has 1 N–H and O–H groups in total. The fourth-order valence-corrected chi connectivity index (χ4v) is 3.85. The lowest BCUT2D eigenvalue weighted by molar-refractivity contribution is -0.145. The molecule has 2 aromatic rings. The molecule has 1 aromatic carbocycles. The highest BCUT2D eigenvalue weighted by Gasteiger charge is 2.29. The van der Waals surface area contributed by atoms with Crippen molar-refractivity contribution in [2.75, 3.05) is 19.8 Å². The Morgan fingerprint density at radius 1 is 1.55 bits per heavy atom. The smallest absolute Gasteiger partial charge is 0.227 e. The van der Waals surface area contributed by atoms with E-state index in [4.69, 9.17) is 16.3 Å². The van der Waals surface area contributed by atoms with Crippen molar-refractivity contribution in [3.05, 3.63) is 34.2 Å². The summed E-state index contributed by atoms with van der Waals surface area (Å²) in [5.41, 5.74) is 1.01. The Balaban J connectivity index is 1.79. The number of rotatable bonds is 3. The molecule has 6 heteroatoms. The minimum atomic E-state index is -0.284. The number of ether oxygens (including phenoxy) is 1. The number of morpholine rings is 1. The van der Waals surface area contributed by atoms with Crippen molar-refractivity contribution in [3.63, 3.8) is 0 Å². The number of halogens is 1. The average molecular weight is 340 g/mol. The number of nitrogens with zero attached hydrogens (tertiary/aromatic N) is 1. The molecule has 0 unspecified atom stereocenters. The van der Waals surface area contributed by atoms with Gasteiger partial charge in [-0.05, 0) is 41.5 Å². The van der Waals surface area contributed by atoms with Gasteiger partial charge in [0.1, 0.15) is 0 Å². The molecule has 1 aromatic heterocycles. The van der Waals surface area contributed by atoms with Gasteiger partial charge in [-0.3, -0.25) is 4.79 Å². The van der Waals surface area contributed by atoms with Gasteiger partial charge in [-0.1, -0.05) is 11.6 Å². The first kappa shape index (κ1) is 15.7. The fourth-order valence-electron chi connectivity index (χ4n) is 2.73. The SMILES string of the molecule is C[C@@H]1CO[C@H](CO)CN1C(=O)Cc1csc2ccc(Cl)cc12. The van der Waals surface area contributed by atoms with E-state index >= 15 is 0 Å². The molecule has 118 valence electrons. The third-order valence-electron chi connectivity index (χ3n) is 3.99. The molecule has 0 bridgehead atoms. The van der Waals surface area contributed by atoms with Gasteiger partial charge in [-0.15, -0.1) is 11.3 Å². The van der Waals surface area contributed by atoms with Crippen molar-refractivity contribution in [1.29, 1.82) is 0 Å². The Hall–Kier alpha value is -1.14. The minimum absolute atomic E-state index is 0.0313. The number of aliphatic hydroxyl groups is 1. The van der Waals surface area contributed by atoms with E-state index in [2.05, 4.69) is 0 Å². The number of benzene rings is 1. The first-order valence-corrected chi connectivity index (χ1v) is 8.52. The summed E-state index contributed by atoms with van der Waals surface area (Å²) in [6.45, 7) is 2.81. The van der Waals surface area contributed by atoms with Gasteiger partial charge in [-0.2, -0.15) is 0 Å². The van der Waals surface area contributed by atoms with Gasteiger partial charge >= 0.3 is 0 Å². The maximum absolute atomic E-state index is 12.6. The van der Waals surface area contributed by atoms with Gasteiger partial charge in [0.2, 0.25) is 5.91 Å². The van der Waals surface area contributed by atoms with Crippen LogP contribution in [0.2, 0.25) is 5.02 Å². The molecule has 1 amide bonds. The second kappa shape index (κ2) is 6.54. The van der Waals surface area contributed by atoms with Gasteiger partial charge in [-0.25, -0.2) is 0 Å². The van der Waals surface area contributed by atoms with Crippen LogP contribution in [0.25, 0.3) is 10.1 Å². The summed E-state index contributed by atoms with van der Waals surface area (Å²) in [7, 11) is 0. The quantitative estimate of drug-likeness (QED) is 0.935. The van der Waals surface area contributed by atoms with Gasteiger partial charge in [0.25, 0.3) is 0 Å². The zero-order chi connectivity index (χ0) is 15.7. The van der Waals surface area contributed by atoms with E-state index in [0.29, 0.717) is 24.6 Å². The van der Waals surface area contributed by atoms with Crippen LogP contribution in [0.1, 0.15) is 12.5 Å². The Morgan fingerprint density at radius 3 is 3.14 bits per heavy atom. The molecule has 1 fully saturated rings. The van der Waals surface area contributed by atoms with Crippen molar-refractivity contribution in [3.8, 4) is 0 Å². The third-order valence-corrected chi connectivity index (χ3v) is 5.23. The Morgan fingerprint density at radius 2 is 2.36 bits per heavy atom. The molecule has 0 aliphatic carbocycles. The normalized spacial score (nSPS) is 22.2. The molecule has 2 heterocycles. The van der Waals surface area contributed by atoms with Crippen LogP contribution >= 0.6 is 22.9 Å². The lowest BCUT2D eigenvalue weighted by Gasteiger charge is -2.37.